The zero-order valence-electron chi connectivity index (χ0n) is 17.2. The van der Waals surface area contributed by atoms with Gasteiger partial charge in [-0.3, -0.25) is 0 Å². The third-order valence-corrected chi connectivity index (χ3v) is 9.25. The zero-order chi connectivity index (χ0) is 19.5. The Morgan fingerprint density at radius 1 is 1.03 bits per heavy atom. The Labute approximate surface area is 213 Å². The normalized spacial score (nSPS) is 17.9. The van der Waals surface area contributed by atoms with Crippen LogP contribution in [0.1, 0.15) is 51.2 Å². The van der Waals surface area contributed by atoms with Gasteiger partial charge in [-0.05, 0) is 29.4 Å². The van der Waals surface area contributed by atoms with Crippen LogP contribution < -0.4 is 24.8 Å². The molecule has 0 bridgehead atoms. The van der Waals surface area contributed by atoms with Crippen LogP contribution in [-0.2, 0) is 31.1 Å². The van der Waals surface area contributed by atoms with Crippen molar-refractivity contribution in [1.82, 2.24) is 0 Å². The summed E-state index contributed by atoms with van der Waals surface area (Å²) in [5.41, 5.74) is 5.89. The summed E-state index contributed by atoms with van der Waals surface area (Å²) in [5.74, 6) is 0. The van der Waals surface area contributed by atoms with Crippen molar-refractivity contribution in [3.05, 3.63) is 92.5 Å². The van der Waals surface area contributed by atoms with Crippen molar-refractivity contribution in [2.75, 3.05) is 0 Å². The fourth-order valence-electron chi connectivity index (χ4n) is 3.65. The predicted octanol–water partition coefficient (Wildman–Crippen LogP) is 1.76. The summed E-state index contributed by atoms with van der Waals surface area (Å²) in [6, 6.07) is 13.4. The second kappa shape index (κ2) is 11.9. The summed E-state index contributed by atoms with van der Waals surface area (Å²) in [4.78, 5) is 2.99. The minimum Gasteiger partial charge on any atom is -1.00 e. The molecular formula is C25H24Cl2PSZr. The van der Waals surface area contributed by atoms with Crippen LogP contribution in [0, 0.1) is 0 Å². The monoisotopic (exact) mass is 547 g/mol. The van der Waals surface area contributed by atoms with Gasteiger partial charge in [-0.1, -0.05) is 27.3 Å². The van der Waals surface area contributed by atoms with Crippen LogP contribution in [-0.4, -0.2) is 5.29 Å². The molecule has 5 heteroatoms. The Morgan fingerprint density at radius 3 is 2.53 bits per heavy atom. The molecule has 0 amide bonds. The van der Waals surface area contributed by atoms with Crippen molar-refractivity contribution >= 4 is 36.5 Å². The van der Waals surface area contributed by atoms with Gasteiger partial charge in [0, 0.05) is 5.31 Å². The van der Waals surface area contributed by atoms with Gasteiger partial charge in [0.05, 0.1) is 0 Å². The fraction of sp³-hybridized carbons (Fsp3) is 0.240. The third kappa shape index (κ3) is 5.65. The molecule has 0 spiro atoms. The number of thiophene rings is 1. The zero-order valence-corrected chi connectivity index (χ0v) is 22.8. The molecule has 2 aromatic rings. The molecule has 3 aliphatic rings. The molecule has 1 aromatic carbocycles. The van der Waals surface area contributed by atoms with E-state index < -0.39 is 0 Å². The maximum atomic E-state index is 2.39. The van der Waals surface area contributed by atoms with Gasteiger partial charge in [-0.25, -0.2) is 0 Å². The number of benzene rings is 1. The SMILES string of the molecule is CCC1=PC2=CC=CC2=C1.CCCc1ccc(C2=Cc3ccccc3[CH]2[Zr+2])s1.[Cl-].[Cl-]. The van der Waals surface area contributed by atoms with Crippen LogP contribution in [0.5, 0.6) is 0 Å². The van der Waals surface area contributed by atoms with Gasteiger partial charge in [-0.15, -0.1) is 0 Å². The quantitative estimate of drug-likeness (QED) is 0.511. The van der Waals surface area contributed by atoms with Gasteiger partial charge in [0.15, 0.2) is 0 Å². The van der Waals surface area contributed by atoms with Gasteiger partial charge < -0.3 is 24.8 Å². The first-order chi connectivity index (χ1) is 13.7. The summed E-state index contributed by atoms with van der Waals surface area (Å²) in [5, 5.41) is 3.03. The van der Waals surface area contributed by atoms with E-state index >= 15 is 0 Å². The van der Waals surface area contributed by atoms with E-state index in [1.807, 2.05) is 11.3 Å². The Balaban J connectivity index is 0.000000229. The van der Waals surface area contributed by atoms with Crippen LogP contribution >= 0.6 is 19.5 Å². The summed E-state index contributed by atoms with van der Waals surface area (Å²) in [6.07, 6.45) is 14.8. The number of aryl methyl sites for hydroxylation is 1. The van der Waals surface area contributed by atoms with E-state index in [9.17, 15) is 0 Å². The van der Waals surface area contributed by atoms with E-state index in [0.29, 0.717) is 3.63 Å². The van der Waals surface area contributed by atoms with Crippen molar-refractivity contribution < 1.29 is 49.5 Å². The number of halogens is 2. The minimum absolute atomic E-state index is 0. The molecule has 1 atom stereocenters. The number of hydrogen-bond acceptors (Lipinski definition) is 1. The van der Waals surface area contributed by atoms with Crippen LogP contribution in [0.25, 0.3) is 11.6 Å². The smallest absolute Gasteiger partial charge is 1.00 e. The fourth-order valence-corrected chi connectivity index (χ4v) is 7.39. The maximum absolute atomic E-state index is 2.39. The van der Waals surface area contributed by atoms with Crippen LogP contribution in [0.3, 0.4) is 0 Å². The molecule has 153 valence electrons. The molecule has 0 nitrogen and oxygen atoms in total. The molecule has 2 heterocycles. The van der Waals surface area contributed by atoms with Crippen molar-refractivity contribution in [3.8, 4) is 0 Å². The summed E-state index contributed by atoms with van der Waals surface area (Å²) in [6.45, 7) is 4.46. The second-order valence-corrected chi connectivity index (χ2v) is 11.0. The van der Waals surface area contributed by atoms with Crippen molar-refractivity contribution in [3.63, 3.8) is 0 Å². The summed E-state index contributed by atoms with van der Waals surface area (Å²) >= 11 is 3.57. The molecule has 5 rings (SSSR count). The first-order valence-electron chi connectivity index (χ1n) is 9.98. The van der Waals surface area contributed by atoms with Gasteiger partial charge in [0.1, 0.15) is 0 Å². The van der Waals surface area contributed by atoms with E-state index in [1.165, 1.54) is 64.8 Å². The van der Waals surface area contributed by atoms with E-state index in [1.54, 1.807) is 30.0 Å². The Morgan fingerprint density at radius 2 is 1.83 bits per heavy atom. The van der Waals surface area contributed by atoms with Gasteiger partial charge in [-0.2, -0.15) is 0 Å². The number of rotatable bonds is 4. The van der Waals surface area contributed by atoms with E-state index in [2.05, 4.69) is 80.6 Å². The Bertz CT molecular complexity index is 1040. The standard InChI is InChI=1S/C16H15S.C9H9P.2ClH.Zr/c1-2-5-15-8-9-16(17-15)14-10-12-6-3-4-7-13(12)11-14;1-2-8-6-7-4-3-5-9(7)10-8;;;/h3-4,6-11H,2,5H2,1H3;3-6H,2H2,1H3;2*1H;/q;;;;+2/p-2. The average molecular weight is 550 g/mol. The molecule has 0 fully saturated rings. The van der Waals surface area contributed by atoms with Crippen LogP contribution in [0.15, 0.2) is 71.6 Å². The van der Waals surface area contributed by atoms with Crippen molar-refractivity contribution in [2.45, 2.75) is 36.7 Å². The summed E-state index contributed by atoms with van der Waals surface area (Å²) < 4.78 is 0.626. The first kappa shape index (κ1) is 25.8. The van der Waals surface area contributed by atoms with Crippen LogP contribution in [0.2, 0.25) is 0 Å². The van der Waals surface area contributed by atoms with Gasteiger partial charge in [0.2, 0.25) is 0 Å². The number of fused-ring (bicyclic) bond motifs is 2. The van der Waals surface area contributed by atoms with E-state index in [4.69, 9.17) is 0 Å². The van der Waals surface area contributed by atoms with Crippen molar-refractivity contribution in [1.29, 1.82) is 0 Å². The molecule has 1 aliphatic heterocycles. The molecule has 0 radical (unpaired) electrons. The van der Waals surface area contributed by atoms with Crippen molar-refractivity contribution in [2.24, 2.45) is 0 Å². The molecule has 0 saturated heterocycles. The molecule has 1 aromatic heterocycles. The molecule has 2 aliphatic carbocycles. The largest absolute Gasteiger partial charge is 1.00 e. The van der Waals surface area contributed by atoms with E-state index in [0.717, 1.165) is 0 Å². The molecule has 0 saturated carbocycles. The topological polar surface area (TPSA) is 0 Å². The Kier molecular flexibility index (Phi) is 10.3. The maximum Gasteiger partial charge on any atom is -1.00 e. The van der Waals surface area contributed by atoms with Gasteiger partial charge in [0.25, 0.3) is 0 Å². The molecule has 0 N–H and O–H groups in total. The average Bonchev–Trinajstić information content (AvgIpc) is 3.46. The number of hydrogen-bond donors (Lipinski definition) is 0. The summed E-state index contributed by atoms with van der Waals surface area (Å²) in [7, 11) is 1.43. The molecular weight excluding hydrogens is 525 g/mol. The predicted molar refractivity (Wildman–Crippen MR) is 123 cm³/mol. The Hall–Kier alpha value is -0.487. The minimum atomic E-state index is 0. The molecule has 30 heavy (non-hydrogen) atoms. The second-order valence-electron chi connectivity index (χ2n) is 7.14. The third-order valence-electron chi connectivity index (χ3n) is 5.15. The number of allylic oxidation sites excluding steroid dienone is 7. The first-order valence-corrected chi connectivity index (χ1v) is 13.1. The van der Waals surface area contributed by atoms with Gasteiger partial charge >= 0.3 is 128 Å². The van der Waals surface area contributed by atoms with E-state index in [-0.39, 0.29) is 24.8 Å². The van der Waals surface area contributed by atoms with Crippen LogP contribution in [0.4, 0.5) is 0 Å². The molecule has 1 unspecified atom stereocenters.